The number of aromatic nitrogens is 2. The number of anilines is 3. The van der Waals surface area contributed by atoms with E-state index in [1.165, 1.54) is 6.26 Å². The molecule has 1 saturated heterocycles. The van der Waals surface area contributed by atoms with Gasteiger partial charge in [-0.3, -0.25) is 4.79 Å². The summed E-state index contributed by atoms with van der Waals surface area (Å²) in [6.07, 6.45) is 1.51. The lowest BCUT2D eigenvalue weighted by atomic mass is 10.2. The van der Waals surface area contributed by atoms with Crippen molar-refractivity contribution in [2.45, 2.75) is 6.92 Å². The Bertz CT molecular complexity index is 1050. The monoisotopic (exact) mass is 388 g/mol. The van der Waals surface area contributed by atoms with Crippen molar-refractivity contribution in [2.24, 2.45) is 0 Å². The third-order valence-electron chi connectivity index (χ3n) is 4.71. The summed E-state index contributed by atoms with van der Waals surface area (Å²) in [7, 11) is 0. The van der Waals surface area contributed by atoms with Crippen LogP contribution >= 0.6 is 0 Å². The average Bonchev–Trinajstić information content (AvgIpc) is 3.28. The summed E-state index contributed by atoms with van der Waals surface area (Å²) in [5.74, 6) is 2.39. The van der Waals surface area contributed by atoms with Gasteiger partial charge in [0, 0.05) is 37.9 Å². The number of carbonyl (C=O) groups is 1. The van der Waals surface area contributed by atoms with Crippen LogP contribution in [-0.2, 0) is 0 Å². The molecular formula is C21H20N6O2. The van der Waals surface area contributed by atoms with Gasteiger partial charge < -0.3 is 19.5 Å². The van der Waals surface area contributed by atoms with Crippen molar-refractivity contribution in [3.63, 3.8) is 0 Å². The van der Waals surface area contributed by atoms with Crippen molar-refractivity contribution in [2.75, 3.05) is 36.4 Å². The van der Waals surface area contributed by atoms with E-state index in [1.807, 2.05) is 25.1 Å². The molecule has 4 rings (SSSR count). The molecule has 1 aliphatic rings. The van der Waals surface area contributed by atoms with E-state index in [2.05, 4.69) is 26.3 Å². The standard InChI is InChI=1S/C21H20N6O2/c1-15-23-19(25-17-5-2-4-16(12-17)14-22)13-20(24-15)26-7-9-27(10-8-26)21(28)18-6-3-11-29-18/h2-6,11-13H,7-10H2,1H3,(H,23,24,25). The average molecular weight is 388 g/mol. The highest BCUT2D eigenvalue weighted by Crippen LogP contribution is 2.22. The minimum absolute atomic E-state index is 0.0896. The molecule has 1 amide bonds. The van der Waals surface area contributed by atoms with Crippen LogP contribution in [-0.4, -0.2) is 47.0 Å². The number of amides is 1. The van der Waals surface area contributed by atoms with Gasteiger partial charge in [0.15, 0.2) is 5.76 Å². The highest BCUT2D eigenvalue weighted by molar-refractivity contribution is 5.91. The SMILES string of the molecule is Cc1nc(Nc2cccc(C#N)c2)cc(N2CCN(C(=O)c3ccco3)CC2)n1. The molecule has 1 N–H and O–H groups in total. The van der Waals surface area contributed by atoms with Crippen molar-refractivity contribution >= 4 is 23.2 Å². The predicted molar refractivity (Wildman–Crippen MR) is 108 cm³/mol. The molecular weight excluding hydrogens is 368 g/mol. The first kappa shape index (κ1) is 18.5. The van der Waals surface area contributed by atoms with E-state index < -0.39 is 0 Å². The van der Waals surface area contributed by atoms with Crippen molar-refractivity contribution in [1.29, 1.82) is 5.26 Å². The van der Waals surface area contributed by atoms with Gasteiger partial charge in [0.1, 0.15) is 17.5 Å². The minimum atomic E-state index is -0.0896. The molecule has 0 unspecified atom stereocenters. The number of rotatable bonds is 4. The van der Waals surface area contributed by atoms with Gasteiger partial charge in [-0.2, -0.15) is 5.26 Å². The van der Waals surface area contributed by atoms with Crippen LogP contribution in [0.15, 0.2) is 53.1 Å². The first-order chi connectivity index (χ1) is 14.1. The summed E-state index contributed by atoms with van der Waals surface area (Å²) in [6.45, 7) is 4.38. The Morgan fingerprint density at radius 3 is 2.69 bits per heavy atom. The first-order valence-corrected chi connectivity index (χ1v) is 9.33. The van der Waals surface area contributed by atoms with Crippen LogP contribution in [0.5, 0.6) is 0 Å². The third kappa shape index (κ3) is 4.19. The van der Waals surface area contributed by atoms with Gasteiger partial charge in [-0.25, -0.2) is 9.97 Å². The van der Waals surface area contributed by atoms with Crippen LogP contribution in [0.3, 0.4) is 0 Å². The molecule has 29 heavy (non-hydrogen) atoms. The molecule has 0 aliphatic carbocycles. The fourth-order valence-electron chi connectivity index (χ4n) is 3.29. The highest BCUT2D eigenvalue weighted by Gasteiger charge is 2.24. The molecule has 0 bridgehead atoms. The predicted octanol–water partition coefficient (Wildman–Crippen LogP) is 2.96. The van der Waals surface area contributed by atoms with E-state index in [4.69, 9.17) is 9.68 Å². The lowest BCUT2D eigenvalue weighted by molar-refractivity contribution is 0.0714. The van der Waals surface area contributed by atoms with Crippen molar-refractivity contribution in [3.8, 4) is 6.07 Å². The van der Waals surface area contributed by atoms with Gasteiger partial charge in [0.05, 0.1) is 17.9 Å². The zero-order chi connectivity index (χ0) is 20.2. The van der Waals surface area contributed by atoms with Crippen LogP contribution in [0.25, 0.3) is 0 Å². The highest BCUT2D eigenvalue weighted by atomic mass is 16.3. The summed E-state index contributed by atoms with van der Waals surface area (Å²) in [5, 5.41) is 12.3. The quantitative estimate of drug-likeness (QED) is 0.734. The first-order valence-electron chi connectivity index (χ1n) is 9.33. The summed E-state index contributed by atoms with van der Waals surface area (Å²) in [6, 6.07) is 14.7. The molecule has 2 aromatic heterocycles. The van der Waals surface area contributed by atoms with Gasteiger partial charge in [-0.15, -0.1) is 0 Å². The Morgan fingerprint density at radius 1 is 1.14 bits per heavy atom. The van der Waals surface area contributed by atoms with E-state index >= 15 is 0 Å². The number of piperazine rings is 1. The van der Waals surface area contributed by atoms with Crippen molar-refractivity contribution in [1.82, 2.24) is 14.9 Å². The maximum atomic E-state index is 12.4. The second-order valence-corrected chi connectivity index (χ2v) is 6.73. The summed E-state index contributed by atoms with van der Waals surface area (Å²) in [5.41, 5.74) is 1.38. The summed E-state index contributed by atoms with van der Waals surface area (Å²) in [4.78, 5) is 25.3. The van der Waals surface area contributed by atoms with Crippen LogP contribution < -0.4 is 10.2 Å². The topological polar surface area (TPSA) is 98.3 Å². The molecule has 3 heterocycles. The number of aryl methyl sites for hydroxylation is 1. The number of hydrogen-bond donors (Lipinski definition) is 1. The lowest BCUT2D eigenvalue weighted by Gasteiger charge is -2.35. The van der Waals surface area contributed by atoms with Crippen molar-refractivity contribution < 1.29 is 9.21 Å². The Balaban J connectivity index is 1.45. The number of hydrogen-bond acceptors (Lipinski definition) is 7. The van der Waals surface area contributed by atoms with E-state index in [-0.39, 0.29) is 5.91 Å². The number of furan rings is 1. The van der Waals surface area contributed by atoms with Gasteiger partial charge in [-0.05, 0) is 37.3 Å². The molecule has 0 saturated carbocycles. The molecule has 1 aromatic carbocycles. The van der Waals surface area contributed by atoms with Crippen LogP contribution in [0.1, 0.15) is 21.9 Å². The van der Waals surface area contributed by atoms with Gasteiger partial charge in [0.25, 0.3) is 5.91 Å². The molecule has 0 atom stereocenters. The Morgan fingerprint density at radius 2 is 1.97 bits per heavy atom. The molecule has 0 spiro atoms. The molecule has 1 aliphatic heterocycles. The molecule has 0 radical (unpaired) electrons. The number of nitriles is 1. The fourth-order valence-corrected chi connectivity index (χ4v) is 3.29. The van der Waals surface area contributed by atoms with Crippen molar-refractivity contribution in [3.05, 3.63) is 65.9 Å². The van der Waals surface area contributed by atoms with Gasteiger partial charge >= 0.3 is 0 Å². The van der Waals surface area contributed by atoms with E-state index in [9.17, 15) is 4.79 Å². The van der Waals surface area contributed by atoms with Crippen LogP contribution in [0, 0.1) is 18.3 Å². The second kappa shape index (κ2) is 8.02. The van der Waals surface area contributed by atoms with E-state index in [0.717, 1.165) is 11.5 Å². The Hall–Kier alpha value is -3.86. The number of carbonyl (C=O) groups excluding carboxylic acids is 1. The minimum Gasteiger partial charge on any atom is -0.459 e. The molecule has 8 heteroatoms. The molecule has 146 valence electrons. The number of benzene rings is 1. The lowest BCUT2D eigenvalue weighted by Crippen LogP contribution is -2.49. The molecule has 3 aromatic rings. The van der Waals surface area contributed by atoms with Crippen LogP contribution in [0.2, 0.25) is 0 Å². The summed E-state index contributed by atoms with van der Waals surface area (Å²) < 4.78 is 5.21. The second-order valence-electron chi connectivity index (χ2n) is 6.73. The maximum Gasteiger partial charge on any atom is 0.289 e. The number of nitrogens with one attached hydrogen (secondary N) is 1. The summed E-state index contributed by atoms with van der Waals surface area (Å²) >= 11 is 0. The Kier molecular flexibility index (Phi) is 5.12. The number of nitrogens with zero attached hydrogens (tertiary/aromatic N) is 5. The van der Waals surface area contributed by atoms with E-state index in [1.54, 1.807) is 29.2 Å². The smallest absolute Gasteiger partial charge is 0.289 e. The fraction of sp³-hybridized carbons (Fsp3) is 0.238. The zero-order valence-electron chi connectivity index (χ0n) is 16.0. The Labute approximate surface area is 168 Å². The molecule has 1 fully saturated rings. The maximum absolute atomic E-state index is 12.4. The van der Waals surface area contributed by atoms with E-state index in [0.29, 0.717) is 49.1 Å². The molecule has 8 nitrogen and oxygen atoms in total. The largest absolute Gasteiger partial charge is 0.459 e. The normalized spacial score (nSPS) is 13.8. The van der Waals surface area contributed by atoms with Gasteiger partial charge in [-0.1, -0.05) is 6.07 Å². The zero-order valence-corrected chi connectivity index (χ0v) is 16.0. The van der Waals surface area contributed by atoms with Gasteiger partial charge in [0.2, 0.25) is 0 Å². The van der Waals surface area contributed by atoms with Crippen LogP contribution in [0.4, 0.5) is 17.3 Å². The third-order valence-corrected chi connectivity index (χ3v) is 4.71.